The molecule has 0 spiro atoms. The van der Waals surface area contributed by atoms with Gasteiger partial charge >= 0.3 is 6.36 Å². The molecule has 80 valence electrons. The Morgan fingerprint density at radius 2 is 2.00 bits per heavy atom. The number of alkyl halides is 3. The number of hydrogen-bond donors (Lipinski definition) is 0. The first kappa shape index (κ1) is 12.8. The van der Waals surface area contributed by atoms with E-state index in [9.17, 15) is 13.2 Å². The summed E-state index contributed by atoms with van der Waals surface area (Å²) in [6.07, 6.45) is 0.518. The van der Waals surface area contributed by atoms with Gasteiger partial charge in [0.05, 0.1) is 0 Å². The Labute approximate surface area is 81.6 Å². The highest BCUT2D eigenvalue weighted by Crippen LogP contribution is 2.20. The molecule has 0 radical (unpaired) electrons. The summed E-state index contributed by atoms with van der Waals surface area (Å²) in [5.41, 5.74) is 0.848. The fourth-order valence-corrected chi connectivity index (χ4v) is 0.654. The molecule has 0 fully saturated rings. The Morgan fingerprint density at radius 1 is 1.43 bits per heavy atom. The molecular weight excluding hydrogens is 193 g/mol. The highest BCUT2D eigenvalue weighted by molar-refractivity contribution is 5.19. The molecule has 0 unspecified atom stereocenters. The molecule has 0 aromatic heterocycles. The molecule has 4 heteroatoms. The van der Waals surface area contributed by atoms with Crippen molar-refractivity contribution in [1.29, 1.82) is 0 Å². The molecule has 0 aromatic carbocycles. The zero-order valence-corrected chi connectivity index (χ0v) is 8.19. The molecule has 0 rings (SSSR count). The largest absolute Gasteiger partial charge is 0.572 e. The number of allylic oxidation sites excluding steroid dienone is 5. The van der Waals surface area contributed by atoms with Crippen LogP contribution in [0.4, 0.5) is 13.2 Å². The van der Waals surface area contributed by atoms with Crippen LogP contribution < -0.4 is 0 Å². The predicted molar refractivity (Wildman–Crippen MR) is 49.5 cm³/mol. The van der Waals surface area contributed by atoms with Crippen LogP contribution in [0.1, 0.15) is 20.3 Å². The van der Waals surface area contributed by atoms with Crippen LogP contribution in [0.15, 0.2) is 36.1 Å². The van der Waals surface area contributed by atoms with Gasteiger partial charge in [0.2, 0.25) is 0 Å². The second kappa shape index (κ2) is 5.52. The van der Waals surface area contributed by atoms with E-state index in [2.05, 4.69) is 11.3 Å². The summed E-state index contributed by atoms with van der Waals surface area (Å²) in [7, 11) is 0. The van der Waals surface area contributed by atoms with Crippen LogP contribution in [0.5, 0.6) is 0 Å². The van der Waals surface area contributed by atoms with Gasteiger partial charge in [0, 0.05) is 0 Å². The molecule has 0 aliphatic rings. The Kier molecular flexibility index (Phi) is 5.05. The number of hydrogen-bond acceptors (Lipinski definition) is 1. The zero-order valence-electron chi connectivity index (χ0n) is 8.19. The molecule has 0 atom stereocenters. The summed E-state index contributed by atoms with van der Waals surface area (Å²) >= 11 is 0. The van der Waals surface area contributed by atoms with Gasteiger partial charge in [-0.3, -0.25) is 0 Å². The maximum atomic E-state index is 11.7. The second-order valence-corrected chi connectivity index (χ2v) is 2.70. The van der Waals surface area contributed by atoms with Crippen LogP contribution in [0.25, 0.3) is 0 Å². The summed E-state index contributed by atoms with van der Waals surface area (Å²) < 4.78 is 38.6. The molecule has 0 saturated heterocycles. The van der Waals surface area contributed by atoms with Crippen molar-refractivity contribution in [2.45, 2.75) is 26.6 Å². The maximum Gasteiger partial charge on any atom is 0.572 e. The molecule has 14 heavy (non-hydrogen) atoms. The third-order valence-electron chi connectivity index (χ3n) is 1.39. The van der Waals surface area contributed by atoms with Crippen LogP contribution in [0.3, 0.4) is 0 Å². The molecule has 1 nitrogen and oxygen atoms in total. The van der Waals surface area contributed by atoms with Crippen molar-refractivity contribution < 1.29 is 17.9 Å². The van der Waals surface area contributed by atoms with E-state index in [1.54, 1.807) is 6.08 Å². The average molecular weight is 206 g/mol. The summed E-state index contributed by atoms with van der Waals surface area (Å²) in [5.74, 6) is -0.197. The van der Waals surface area contributed by atoms with Crippen molar-refractivity contribution in [2.75, 3.05) is 0 Å². The molecule has 0 saturated carbocycles. The van der Waals surface area contributed by atoms with E-state index in [1.165, 1.54) is 19.1 Å². The van der Waals surface area contributed by atoms with Gasteiger partial charge < -0.3 is 4.74 Å². The van der Waals surface area contributed by atoms with Gasteiger partial charge in [-0.2, -0.15) is 0 Å². The maximum absolute atomic E-state index is 11.7. The van der Waals surface area contributed by atoms with Gasteiger partial charge in [-0.15, -0.1) is 13.2 Å². The minimum Gasteiger partial charge on any atom is -0.411 e. The minimum atomic E-state index is -4.61. The van der Waals surface area contributed by atoms with Crippen LogP contribution in [0.2, 0.25) is 0 Å². The van der Waals surface area contributed by atoms with Crippen molar-refractivity contribution in [2.24, 2.45) is 0 Å². The monoisotopic (exact) mass is 206 g/mol. The first-order chi connectivity index (χ1) is 6.35. The van der Waals surface area contributed by atoms with Gasteiger partial charge in [0.15, 0.2) is 0 Å². The van der Waals surface area contributed by atoms with Crippen molar-refractivity contribution in [3.63, 3.8) is 0 Å². The van der Waals surface area contributed by atoms with Gasteiger partial charge in [0.1, 0.15) is 5.76 Å². The lowest BCUT2D eigenvalue weighted by Crippen LogP contribution is -2.11. The number of rotatable bonds is 4. The number of halogens is 3. The topological polar surface area (TPSA) is 9.23 Å². The van der Waals surface area contributed by atoms with Crippen LogP contribution in [0, 0.1) is 0 Å². The number of ether oxygens (including phenoxy) is 1. The van der Waals surface area contributed by atoms with E-state index >= 15 is 0 Å². The molecule has 0 aliphatic carbocycles. The fraction of sp³-hybridized carbons (Fsp3) is 0.400. The quantitative estimate of drug-likeness (QED) is 0.500. The van der Waals surface area contributed by atoms with E-state index in [1.807, 2.05) is 6.92 Å². The van der Waals surface area contributed by atoms with E-state index < -0.39 is 6.36 Å². The molecule has 0 N–H and O–H groups in total. The third kappa shape index (κ3) is 7.46. The standard InChI is InChI=1S/C10H13F3O/c1-4-8(2)6-5-7-9(3)14-10(11,12)13/h5-7H,2,4H2,1,3H3/b6-5-,9-7+. The summed E-state index contributed by atoms with van der Waals surface area (Å²) in [5, 5.41) is 0. The summed E-state index contributed by atoms with van der Waals surface area (Å²) in [6, 6.07) is 0. The van der Waals surface area contributed by atoms with E-state index in [-0.39, 0.29) is 5.76 Å². The van der Waals surface area contributed by atoms with Gasteiger partial charge in [0.25, 0.3) is 0 Å². The second-order valence-electron chi connectivity index (χ2n) is 2.70. The Morgan fingerprint density at radius 3 is 2.43 bits per heavy atom. The average Bonchev–Trinajstić information content (AvgIpc) is 2.00. The van der Waals surface area contributed by atoms with Crippen molar-refractivity contribution in [3.05, 3.63) is 36.1 Å². The lowest BCUT2D eigenvalue weighted by molar-refractivity contribution is -0.305. The van der Waals surface area contributed by atoms with E-state index in [4.69, 9.17) is 0 Å². The molecule has 0 bridgehead atoms. The van der Waals surface area contributed by atoms with Crippen LogP contribution >= 0.6 is 0 Å². The first-order valence-electron chi connectivity index (χ1n) is 4.13. The van der Waals surface area contributed by atoms with Gasteiger partial charge in [-0.1, -0.05) is 31.2 Å². The highest BCUT2D eigenvalue weighted by Gasteiger charge is 2.30. The normalized spacial score (nSPS) is 13.4. The van der Waals surface area contributed by atoms with Crippen molar-refractivity contribution in [3.8, 4) is 0 Å². The van der Waals surface area contributed by atoms with Gasteiger partial charge in [-0.05, 0) is 19.4 Å². The van der Waals surface area contributed by atoms with E-state index in [0.29, 0.717) is 0 Å². The Hall–Kier alpha value is -1.19. The highest BCUT2D eigenvalue weighted by atomic mass is 19.4. The molecular formula is C10H13F3O. The van der Waals surface area contributed by atoms with Crippen LogP contribution in [-0.2, 0) is 4.74 Å². The lowest BCUT2D eigenvalue weighted by atomic mass is 10.2. The van der Waals surface area contributed by atoms with Crippen molar-refractivity contribution in [1.82, 2.24) is 0 Å². The molecule has 0 heterocycles. The lowest BCUT2D eigenvalue weighted by Gasteiger charge is -2.07. The summed E-state index contributed by atoms with van der Waals surface area (Å²) in [6.45, 7) is 6.82. The smallest absolute Gasteiger partial charge is 0.411 e. The van der Waals surface area contributed by atoms with Crippen LogP contribution in [-0.4, -0.2) is 6.36 Å². The predicted octanol–water partition coefficient (Wildman–Crippen LogP) is 3.95. The Bertz CT molecular complexity index is 249. The third-order valence-corrected chi connectivity index (χ3v) is 1.39. The molecule has 0 amide bonds. The first-order valence-corrected chi connectivity index (χ1v) is 4.13. The molecule has 0 aliphatic heterocycles. The minimum absolute atomic E-state index is 0.197. The van der Waals surface area contributed by atoms with E-state index in [0.717, 1.165) is 12.0 Å². The van der Waals surface area contributed by atoms with Crippen molar-refractivity contribution >= 4 is 0 Å². The Balaban J connectivity index is 4.13. The SMILES string of the molecule is C=C(/C=C\C=C(/C)OC(F)(F)F)CC. The van der Waals surface area contributed by atoms with Gasteiger partial charge in [-0.25, -0.2) is 0 Å². The fourth-order valence-electron chi connectivity index (χ4n) is 0.654. The zero-order chi connectivity index (χ0) is 11.2. The summed E-state index contributed by atoms with van der Waals surface area (Å²) in [4.78, 5) is 0. The molecule has 0 aromatic rings.